The van der Waals surface area contributed by atoms with Gasteiger partial charge in [0.15, 0.2) is 6.23 Å². The molecule has 1 fully saturated rings. The van der Waals surface area contributed by atoms with Crippen molar-refractivity contribution in [3.8, 4) is 0 Å². The van der Waals surface area contributed by atoms with Crippen molar-refractivity contribution in [1.82, 2.24) is 19.6 Å². The Bertz CT molecular complexity index is 603. The Morgan fingerprint density at radius 1 is 1.20 bits per heavy atom. The van der Waals surface area contributed by atoms with E-state index in [0.717, 1.165) is 57.8 Å². The van der Waals surface area contributed by atoms with E-state index in [1.807, 2.05) is 18.3 Å². The van der Waals surface area contributed by atoms with Crippen LogP contribution in [-0.2, 0) is 17.8 Å². The normalized spacial score (nSPS) is 18.3. The molecule has 2 aromatic heterocycles. The maximum Gasteiger partial charge on any atom is 0.150 e. The highest BCUT2D eigenvalue weighted by molar-refractivity contribution is 5.03. The van der Waals surface area contributed by atoms with Gasteiger partial charge < -0.3 is 14.1 Å². The van der Waals surface area contributed by atoms with Gasteiger partial charge in [0.1, 0.15) is 5.76 Å². The molecule has 0 radical (unpaired) electrons. The Hall–Kier alpha value is -1.63. The summed E-state index contributed by atoms with van der Waals surface area (Å²) in [5, 5.41) is 4.53. The van der Waals surface area contributed by atoms with E-state index in [4.69, 9.17) is 9.15 Å². The zero-order valence-electron chi connectivity index (χ0n) is 15.4. The molecule has 0 N–H and O–H groups in total. The van der Waals surface area contributed by atoms with E-state index >= 15 is 0 Å². The van der Waals surface area contributed by atoms with Gasteiger partial charge >= 0.3 is 0 Å². The summed E-state index contributed by atoms with van der Waals surface area (Å²) in [4.78, 5) is 4.66. The number of aromatic nitrogens is 2. The maximum absolute atomic E-state index is 5.92. The first-order chi connectivity index (χ1) is 12.2. The number of rotatable bonds is 9. The van der Waals surface area contributed by atoms with Crippen molar-refractivity contribution in [3.05, 3.63) is 42.1 Å². The highest BCUT2D eigenvalue weighted by atomic mass is 16.5. The van der Waals surface area contributed by atoms with E-state index in [2.05, 4.69) is 39.7 Å². The lowest BCUT2D eigenvalue weighted by Crippen LogP contribution is -2.29. The lowest BCUT2D eigenvalue weighted by atomic mass is 10.2. The minimum Gasteiger partial charge on any atom is -0.468 e. The molecule has 2 aromatic rings. The molecule has 1 aliphatic heterocycles. The molecule has 1 saturated heterocycles. The minimum atomic E-state index is 0.0889. The number of nitrogens with zero attached hydrogens (tertiary/aromatic N) is 4. The molecule has 6 heteroatoms. The monoisotopic (exact) mass is 346 g/mol. The van der Waals surface area contributed by atoms with Gasteiger partial charge in [-0.25, -0.2) is 4.68 Å². The predicted octanol–water partition coefficient (Wildman–Crippen LogP) is 3.13. The first-order valence-corrected chi connectivity index (χ1v) is 9.26. The van der Waals surface area contributed by atoms with Crippen molar-refractivity contribution >= 4 is 0 Å². The van der Waals surface area contributed by atoms with Gasteiger partial charge in [-0.3, -0.25) is 4.90 Å². The van der Waals surface area contributed by atoms with Crippen molar-refractivity contribution in [3.63, 3.8) is 0 Å². The summed E-state index contributed by atoms with van der Waals surface area (Å²) in [6.07, 6.45) is 8.26. The van der Waals surface area contributed by atoms with Crippen molar-refractivity contribution in [2.45, 2.75) is 45.0 Å². The summed E-state index contributed by atoms with van der Waals surface area (Å²) in [5.41, 5.74) is 1.21. The largest absolute Gasteiger partial charge is 0.468 e. The predicted molar refractivity (Wildman–Crippen MR) is 97.1 cm³/mol. The Morgan fingerprint density at radius 3 is 2.84 bits per heavy atom. The zero-order valence-corrected chi connectivity index (χ0v) is 15.4. The summed E-state index contributed by atoms with van der Waals surface area (Å²) < 4.78 is 13.5. The average molecular weight is 346 g/mol. The molecule has 0 bridgehead atoms. The van der Waals surface area contributed by atoms with Gasteiger partial charge in [-0.2, -0.15) is 5.10 Å². The fraction of sp³-hybridized carbons (Fsp3) is 0.632. The molecule has 3 rings (SSSR count). The number of hydrogen-bond donors (Lipinski definition) is 0. The van der Waals surface area contributed by atoms with Crippen molar-refractivity contribution in [1.29, 1.82) is 0 Å². The van der Waals surface area contributed by atoms with E-state index in [0.29, 0.717) is 0 Å². The number of ether oxygens (including phenoxy) is 1. The van der Waals surface area contributed by atoms with E-state index in [1.54, 1.807) is 6.26 Å². The van der Waals surface area contributed by atoms with Crippen LogP contribution in [0.3, 0.4) is 0 Å². The molecule has 25 heavy (non-hydrogen) atoms. The van der Waals surface area contributed by atoms with E-state index < -0.39 is 0 Å². The molecule has 0 unspecified atom stereocenters. The SMILES string of the molecule is CN(C)CCCN(Cc1ccco1)Cc1ccnn1[C@H]1CCCCO1. The van der Waals surface area contributed by atoms with Crippen molar-refractivity contribution < 1.29 is 9.15 Å². The summed E-state index contributed by atoms with van der Waals surface area (Å²) in [5.74, 6) is 1.00. The Kier molecular flexibility index (Phi) is 6.67. The highest BCUT2D eigenvalue weighted by Crippen LogP contribution is 2.24. The highest BCUT2D eigenvalue weighted by Gasteiger charge is 2.20. The molecule has 0 amide bonds. The second kappa shape index (κ2) is 9.17. The summed E-state index contributed by atoms with van der Waals surface area (Å²) in [7, 11) is 4.23. The van der Waals surface area contributed by atoms with E-state index in [-0.39, 0.29) is 6.23 Å². The van der Waals surface area contributed by atoms with Crippen LogP contribution < -0.4 is 0 Å². The molecule has 3 heterocycles. The lowest BCUT2D eigenvalue weighted by Gasteiger charge is -2.27. The molecule has 0 saturated carbocycles. The van der Waals surface area contributed by atoms with Gasteiger partial charge in [-0.15, -0.1) is 0 Å². The average Bonchev–Trinajstić information content (AvgIpc) is 3.27. The van der Waals surface area contributed by atoms with Crippen LogP contribution >= 0.6 is 0 Å². The van der Waals surface area contributed by atoms with E-state index in [9.17, 15) is 0 Å². The lowest BCUT2D eigenvalue weighted by molar-refractivity contribution is -0.0421. The quantitative estimate of drug-likeness (QED) is 0.698. The minimum absolute atomic E-state index is 0.0889. The van der Waals surface area contributed by atoms with Crippen LogP contribution in [0.2, 0.25) is 0 Å². The van der Waals surface area contributed by atoms with Gasteiger partial charge in [0.25, 0.3) is 0 Å². The standard InChI is InChI=1S/C19H30N4O2/c1-21(2)11-6-12-22(16-18-7-5-14-24-18)15-17-9-10-20-23(17)19-8-3-4-13-25-19/h5,7,9-10,14,19H,3-4,6,8,11-13,15-16H2,1-2H3/t19-/m1/s1. The molecule has 0 aromatic carbocycles. The van der Waals surface area contributed by atoms with Crippen LogP contribution in [0.25, 0.3) is 0 Å². The number of hydrogen-bond acceptors (Lipinski definition) is 5. The zero-order chi connectivity index (χ0) is 17.5. The van der Waals surface area contributed by atoms with Crippen LogP contribution in [0.5, 0.6) is 0 Å². The fourth-order valence-corrected chi connectivity index (χ4v) is 3.32. The molecular formula is C19H30N4O2. The van der Waals surface area contributed by atoms with Gasteiger partial charge in [-0.1, -0.05) is 0 Å². The molecular weight excluding hydrogens is 316 g/mol. The second-order valence-corrected chi connectivity index (χ2v) is 7.04. The van der Waals surface area contributed by atoms with Crippen molar-refractivity contribution in [2.75, 3.05) is 33.8 Å². The molecule has 1 aliphatic rings. The van der Waals surface area contributed by atoms with Gasteiger partial charge in [0, 0.05) is 25.9 Å². The third-order valence-corrected chi connectivity index (χ3v) is 4.61. The maximum atomic E-state index is 5.92. The summed E-state index contributed by atoms with van der Waals surface area (Å²) >= 11 is 0. The third kappa shape index (κ3) is 5.42. The van der Waals surface area contributed by atoms with Crippen LogP contribution in [0.4, 0.5) is 0 Å². The Balaban J connectivity index is 1.65. The first-order valence-electron chi connectivity index (χ1n) is 9.26. The van der Waals surface area contributed by atoms with Gasteiger partial charge in [0.05, 0.1) is 18.5 Å². The molecule has 6 nitrogen and oxygen atoms in total. The van der Waals surface area contributed by atoms with Crippen molar-refractivity contribution in [2.24, 2.45) is 0 Å². The molecule has 0 aliphatic carbocycles. The second-order valence-electron chi connectivity index (χ2n) is 7.04. The van der Waals surface area contributed by atoms with Crippen LogP contribution in [-0.4, -0.2) is 53.4 Å². The Morgan fingerprint density at radius 2 is 2.12 bits per heavy atom. The molecule has 138 valence electrons. The van der Waals surface area contributed by atoms with Crippen LogP contribution in [0, 0.1) is 0 Å². The Labute approximate surface area is 150 Å². The smallest absolute Gasteiger partial charge is 0.150 e. The molecule has 1 atom stereocenters. The van der Waals surface area contributed by atoms with Gasteiger partial charge in [0.2, 0.25) is 0 Å². The summed E-state index contributed by atoms with van der Waals surface area (Å²) in [6.45, 7) is 4.61. The van der Waals surface area contributed by atoms with Crippen LogP contribution in [0.1, 0.15) is 43.4 Å². The fourth-order valence-electron chi connectivity index (χ4n) is 3.32. The third-order valence-electron chi connectivity index (χ3n) is 4.61. The van der Waals surface area contributed by atoms with E-state index in [1.165, 1.54) is 12.1 Å². The molecule has 0 spiro atoms. The first kappa shape index (κ1) is 18.2. The summed E-state index contributed by atoms with van der Waals surface area (Å²) in [6, 6.07) is 6.10. The number of furan rings is 1. The topological polar surface area (TPSA) is 46.7 Å². The van der Waals surface area contributed by atoms with Gasteiger partial charge in [-0.05, 0) is 64.5 Å². The van der Waals surface area contributed by atoms with Crippen LogP contribution in [0.15, 0.2) is 35.1 Å².